The molecule has 120 valence electrons. The van der Waals surface area contributed by atoms with Crippen LogP contribution in [0.1, 0.15) is 24.4 Å². The fourth-order valence-corrected chi connectivity index (χ4v) is 3.14. The van der Waals surface area contributed by atoms with Gasteiger partial charge in [0.15, 0.2) is 3.95 Å². The number of carbonyl (C=O) groups is 1. The fourth-order valence-electron chi connectivity index (χ4n) is 1.85. The summed E-state index contributed by atoms with van der Waals surface area (Å²) in [6.07, 6.45) is 0.377. The number of aromatic nitrogens is 1. The Hall–Kier alpha value is -0.760. The third kappa shape index (κ3) is 6.69. The number of rotatable bonds is 10. The monoisotopic (exact) mass is 332 g/mol. The van der Waals surface area contributed by atoms with Crippen molar-refractivity contribution in [2.24, 2.45) is 0 Å². The van der Waals surface area contributed by atoms with E-state index in [2.05, 4.69) is 4.98 Å². The van der Waals surface area contributed by atoms with Gasteiger partial charge in [-0.3, -0.25) is 4.79 Å². The number of carbonyl (C=O) groups excluding carboxylic acids is 1. The number of amides is 1. The fraction of sp³-hybridized carbons (Fsp3) is 0.714. The van der Waals surface area contributed by atoms with Gasteiger partial charge in [0.1, 0.15) is 0 Å². The highest BCUT2D eigenvalue weighted by Crippen LogP contribution is 2.16. The van der Waals surface area contributed by atoms with E-state index in [1.54, 1.807) is 4.90 Å². The number of aryl methyl sites for hydroxylation is 1. The summed E-state index contributed by atoms with van der Waals surface area (Å²) in [4.78, 5) is 18.3. The van der Waals surface area contributed by atoms with Crippen LogP contribution in [0.2, 0.25) is 0 Å². The highest BCUT2D eigenvalue weighted by atomic mass is 32.1. The molecule has 1 rings (SSSR count). The number of H-pyrrole nitrogens is 1. The molecule has 1 heterocycles. The molecule has 0 saturated heterocycles. The van der Waals surface area contributed by atoms with E-state index >= 15 is 0 Å². The maximum Gasteiger partial charge on any atom is 0.228 e. The van der Waals surface area contributed by atoms with Crippen molar-refractivity contribution in [3.63, 3.8) is 0 Å². The van der Waals surface area contributed by atoms with Crippen LogP contribution in [0.5, 0.6) is 0 Å². The predicted molar refractivity (Wildman–Crippen MR) is 87.5 cm³/mol. The van der Waals surface area contributed by atoms with E-state index in [1.165, 1.54) is 11.3 Å². The zero-order chi connectivity index (χ0) is 15.7. The van der Waals surface area contributed by atoms with E-state index < -0.39 is 0 Å². The third-order valence-electron chi connectivity index (χ3n) is 3.01. The summed E-state index contributed by atoms with van der Waals surface area (Å²) in [6, 6.07) is 0. The van der Waals surface area contributed by atoms with Crippen molar-refractivity contribution < 1.29 is 14.3 Å². The molecule has 0 fully saturated rings. The van der Waals surface area contributed by atoms with Gasteiger partial charge in [0.2, 0.25) is 5.91 Å². The van der Waals surface area contributed by atoms with Crippen LogP contribution in [0.3, 0.4) is 0 Å². The molecule has 1 amide bonds. The van der Waals surface area contributed by atoms with E-state index in [1.807, 2.05) is 20.8 Å². The van der Waals surface area contributed by atoms with Gasteiger partial charge in [0.05, 0.1) is 19.6 Å². The van der Waals surface area contributed by atoms with Crippen molar-refractivity contribution in [1.82, 2.24) is 9.88 Å². The van der Waals surface area contributed by atoms with Crippen LogP contribution in [0, 0.1) is 10.9 Å². The average molecular weight is 332 g/mol. The second-order valence-electron chi connectivity index (χ2n) is 4.51. The van der Waals surface area contributed by atoms with Crippen LogP contribution in [-0.2, 0) is 20.7 Å². The lowest BCUT2D eigenvalue weighted by atomic mass is 10.2. The first kappa shape index (κ1) is 18.3. The average Bonchev–Trinajstić information content (AvgIpc) is 2.75. The first-order valence-corrected chi connectivity index (χ1v) is 8.42. The number of ether oxygens (including phenoxy) is 2. The van der Waals surface area contributed by atoms with E-state index in [4.69, 9.17) is 21.7 Å². The van der Waals surface area contributed by atoms with Gasteiger partial charge < -0.3 is 19.4 Å². The Morgan fingerprint density at radius 2 is 1.81 bits per heavy atom. The second-order valence-corrected chi connectivity index (χ2v) is 6.29. The van der Waals surface area contributed by atoms with Crippen molar-refractivity contribution in [2.45, 2.75) is 27.2 Å². The standard InChI is InChI=1S/C14H24N2O3S2/c1-4-18-8-6-16(7-9-19-5-2)13(17)10-12-11(3)15-14(20)21-12/h4-10H2,1-3H3,(H,15,20). The van der Waals surface area contributed by atoms with Crippen LogP contribution < -0.4 is 0 Å². The normalized spacial score (nSPS) is 10.8. The molecule has 0 aliphatic rings. The van der Waals surface area contributed by atoms with Crippen LogP contribution in [-0.4, -0.2) is 55.3 Å². The van der Waals surface area contributed by atoms with Crippen LogP contribution in [0.15, 0.2) is 0 Å². The van der Waals surface area contributed by atoms with Gasteiger partial charge >= 0.3 is 0 Å². The summed E-state index contributed by atoms with van der Waals surface area (Å²) < 4.78 is 11.4. The summed E-state index contributed by atoms with van der Waals surface area (Å²) in [5.74, 6) is 0.0859. The van der Waals surface area contributed by atoms with E-state index in [9.17, 15) is 4.79 Å². The predicted octanol–water partition coefficient (Wildman–Crippen LogP) is 2.56. The van der Waals surface area contributed by atoms with Gasteiger partial charge in [-0.25, -0.2) is 0 Å². The molecule has 1 aromatic rings. The van der Waals surface area contributed by atoms with Crippen molar-refractivity contribution >= 4 is 29.5 Å². The van der Waals surface area contributed by atoms with Crippen molar-refractivity contribution in [3.8, 4) is 0 Å². The number of nitrogens with one attached hydrogen (secondary N) is 1. The molecule has 1 N–H and O–H groups in total. The molecule has 21 heavy (non-hydrogen) atoms. The second kappa shape index (κ2) is 10.0. The molecule has 7 heteroatoms. The highest BCUT2D eigenvalue weighted by molar-refractivity contribution is 7.73. The van der Waals surface area contributed by atoms with Gasteiger partial charge in [0.25, 0.3) is 0 Å². The molecule has 5 nitrogen and oxygen atoms in total. The summed E-state index contributed by atoms with van der Waals surface area (Å²) in [5, 5.41) is 0. The van der Waals surface area contributed by atoms with Crippen LogP contribution in [0.25, 0.3) is 0 Å². The number of hydrogen-bond acceptors (Lipinski definition) is 5. The number of aromatic amines is 1. The molecule has 1 aromatic heterocycles. The highest BCUT2D eigenvalue weighted by Gasteiger charge is 2.16. The number of nitrogens with zero attached hydrogens (tertiary/aromatic N) is 1. The Morgan fingerprint density at radius 3 is 2.24 bits per heavy atom. The van der Waals surface area contributed by atoms with Crippen molar-refractivity contribution in [2.75, 3.05) is 39.5 Å². The summed E-state index contributed by atoms with van der Waals surface area (Å²) in [5.41, 5.74) is 0.980. The third-order valence-corrected chi connectivity index (χ3v) is 4.34. The molecule has 0 atom stereocenters. The lowest BCUT2D eigenvalue weighted by Crippen LogP contribution is -2.37. The molecule has 0 saturated carbocycles. The van der Waals surface area contributed by atoms with Gasteiger partial charge in [-0.1, -0.05) is 0 Å². The van der Waals surface area contributed by atoms with Gasteiger partial charge in [0, 0.05) is 36.9 Å². The van der Waals surface area contributed by atoms with E-state index in [-0.39, 0.29) is 5.91 Å². The first-order valence-electron chi connectivity index (χ1n) is 7.20. The smallest absolute Gasteiger partial charge is 0.228 e. The van der Waals surface area contributed by atoms with Crippen LogP contribution >= 0.6 is 23.6 Å². The first-order chi connectivity index (χ1) is 10.1. The molecule has 0 aliphatic heterocycles. The molecular formula is C14H24N2O3S2. The maximum absolute atomic E-state index is 12.4. The Bertz CT molecular complexity index is 475. The SMILES string of the molecule is CCOCCN(CCOCC)C(=O)Cc1sc(=S)[nH]c1C. The van der Waals surface area contributed by atoms with Crippen molar-refractivity contribution in [1.29, 1.82) is 0 Å². The van der Waals surface area contributed by atoms with Gasteiger partial charge in [-0.2, -0.15) is 0 Å². The maximum atomic E-state index is 12.4. The summed E-state index contributed by atoms with van der Waals surface area (Å²) >= 11 is 6.57. The zero-order valence-electron chi connectivity index (χ0n) is 12.9. The molecule has 0 bridgehead atoms. The largest absolute Gasteiger partial charge is 0.380 e. The number of hydrogen-bond donors (Lipinski definition) is 1. The molecule has 0 aromatic carbocycles. The quantitative estimate of drug-likeness (QED) is 0.528. The Balaban J connectivity index is 2.59. The molecule has 0 aliphatic carbocycles. The topological polar surface area (TPSA) is 54.6 Å². The molecule has 0 unspecified atom stereocenters. The lowest BCUT2D eigenvalue weighted by Gasteiger charge is -2.22. The Kier molecular flexibility index (Phi) is 8.75. The molecule has 0 radical (unpaired) electrons. The van der Waals surface area contributed by atoms with Crippen molar-refractivity contribution in [3.05, 3.63) is 14.5 Å². The minimum absolute atomic E-state index is 0.0859. The van der Waals surface area contributed by atoms with E-state index in [0.717, 1.165) is 10.6 Å². The van der Waals surface area contributed by atoms with Crippen LogP contribution in [0.4, 0.5) is 0 Å². The lowest BCUT2D eigenvalue weighted by molar-refractivity contribution is -0.132. The Morgan fingerprint density at radius 1 is 1.24 bits per heavy atom. The molecular weight excluding hydrogens is 308 g/mol. The minimum Gasteiger partial charge on any atom is -0.380 e. The van der Waals surface area contributed by atoms with Gasteiger partial charge in [-0.15, -0.1) is 11.3 Å². The summed E-state index contributed by atoms with van der Waals surface area (Å²) in [7, 11) is 0. The zero-order valence-corrected chi connectivity index (χ0v) is 14.6. The van der Waals surface area contributed by atoms with Gasteiger partial charge in [-0.05, 0) is 33.0 Å². The molecule has 0 spiro atoms. The van der Waals surface area contributed by atoms with E-state index in [0.29, 0.717) is 49.9 Å². The Labute approximate surface area is 135 Å². The summed E-state index contributed by atoms with van der Waals surface area (Å²) in [6.45, 7) is 9.44. The number of thiazole rings is 1. The minimum atomic E-state index is 0.0859.